The monoisotopic (exact) mass is 356 g/mol. The fraction of sp³-hybridized carbons (Fsp3) is 0.400. The summed E-state index contributed by atoms with van der Waals surface area (Å²) in [6.45, 7) is 3.38. The second-order valence-electron chi connectivity index (χ2n) is 6.15. The fourth-order valence-electron chi connectivity index (χ4n) is 3.07. The number of carbonyl (C=O) groups is 3. The number of thioether (sulfide) groups is 1. The van der Waals surface area contributed by atoms with E-state index in [4.69, 9.17) is 0 Å². The van der Waals surface area contributed by atoms with Crippen molar-refractivity contribution in [2.75, 3.05) is 0 Å². The SMILES string of the molecule is CC1(C)S[C@H]2[C@H](NC(=O)c3c(F)cccc3F)C(=O)N2[C@H]1C(=O)O. The van der Waals surface area contributed by atoms with Crippen molar-refractivity contribution in [3.8, 4) is 0 Å². The van der Waals surface area contributed by atoms with E-state index in [1.807, 2.05) is 0 Å². The predicted octanol–water partition coefficient (Wildman–Crippen LogP) is 1.21. The van der Waals surface area contributed by atoms with Crippen molar-refractivity contribution in [1.82, 2.24) is 10.2 Å². The Bertz CT molecular complexity index is 735. The van der Waals surface area contributed by atoms with Gasteiger partial charge in [0.15, 0.2) is 0 Å². The molecule has 0 saturated carbocycles. The molecule has 0 unspecified atom stereocenters. The van der Waals surface area contributed by atoms with Crippen LogP contribution in [-0.4, -0.2) is 50.0 Å². The lowest BCUT2D eigenvalue weighted by Gasteiger charge is -2.43. The molecule has 1 aromatic rings. The molecule has 3 rings (SSSR count). The van der Waals surface area contributed by atoms with Crippen LogP contribution >= 0.6 is 11.8 Å². The molecule has 2 heterocycles. The molecule has 2 amide bonds. The molecule has 9 heteroatoms. The molecule has 1 aromatic carbocycles. The van der Waals surface area contributed by atoms with Crippen molar-refractivity contribution in [2.24, 2.45) is 0 Å². The van der Waals surface area contributed by atoms with Gasteiger partial charge in [-0.25, -0.2) is 13.6 Å². The summed E-state index contributed by atoms with van der Waals surface area (Å²) in [4.78, 5) is 36.9. The van der Waals surface area contributed by atoms with Crippen LogP contribution in [-0.2, 0) is 9.59 Å². The Kier molecular flexibility index (Phi) is 3.78. The number of halogens is 2. The van der Waals surface area contributed by atoms with Crippen LogP contribution in [0.15, 0.2) is 18.2 Å². The summed E-state index contributed by atoms with van der Waals surface area (Å²) >= 11 is 1.23. The Hall–Kier alpha value is -2.16. The molecule has 2 aliphatic rings. The van der Waals surface area contributed by atoms with E-state index < -0.39 is 57.2 Å². The van der Waals surface area contributed by atoms with Gasteiger partial charge in [0.1, 0.15) is 34.7 Å². The van der Waals surface area contributed by atoms with Gasteiger partial charge in [0, 0.05) is 4.75 Å². The third kappa shape index (κ3) is 2.34. The lowest BCUT2D eigenvalue weighted by atomic mass is 9.96. The largest absolute Gasteiger partial charge is 0.480 e. The molecular weight excluding hydrogens is 342 g/mol. The van der Waals surface area contributed by atoms with Crippen LogP contribution in [0.2, 0.25) is 0 Å². The van der Waals surface area contributed by atoms with Gasteiger partial charge < -0.3 is 15.3 Å². The number of rotatable bonds is 3. The molecule has 3 atom stereocenters. The van der Waals surface area contributed by atoms with Crippen LogP contribution in [0.4, 0.5) is 8.78 Å². The number of amides is 2. The zero-order chi connectivity index (χ0) is 17.8. The summed E-state index contributed by atoms with van der Waals surface area (Å²) in [5, 5.41) is 11.0. The van der Waals surface area contributed by atoms with E-state index in [0.717, 1.165) is 18.2 Å². The molecule has 0 aromatic heterocycles. The van der Waals surface area contributed by atoms with Gasteiger partial charge in [-0.15, -0.1) is 11.8 Å². The van der Waals surface area contributed by atoms with Crippen LogP contribution < -0.4 is 5.32 Å². The summed E-state index contributed by atoms with van der Waals surface area (Å²) in [5.74, 6) is -4.80. The third-order valence-corrected chi connectivity index (χ3v) is 5.72. The molecular formula is C15H14F2N2O4S. The minimum Gasteiger partial charge on any atom is -0.480 e. The van der Waals surface area contributed by atoms with Gasteiger partial charge in [0.2, 0.25) is 5.91 Å². The highest BCUT2D eigenvalue weighted by Gasteiger charge is 2.64. The van der Waals surface area contributed by atoms with E-state index >= 15 is 0 Å². The second-order valence-corrected chi connectivity index (χ2v) is 7.92. The number of hydrogen-bond donors (Lipinski definition) is 2. The number of carbonyl (C=O) groups excluding carboxylic acids is 2. The van der Waals surface area contributed by atoms with Crippen molar-refractivity contribution in [1.29, 1.82) is 0 Å². The van der Waals surface area contributed by atoms with Crippen molar-refractivity contribution >= 4 is 29.5 Å². The normalized spacial score (nSPS) is 27.4. The van der Waals surface area contributed by atoms with Crippen LogP contribution in [0.1, 0.15) is 24.2 Å². The number of nitrogens with zero attached hydrogens (tertiary/aromatic N) is 1. The van der Waals surface area contributed by atoms with Gasteiger partial charge in [-0.1, -0.05) is 6.07 Å². The standard InChI is InChI=1S/C15H14F2N2O4S/c1-15(2)10(14(22)23)19-12(21)9(13(19)24-15)18-11(20)8-6(16)4-3-5-7(8)17/h3-5,9-10,13H,1-2H3,(H,18,20)(H,22,23)/t9-,10+,13+/m1/s1. The van der Waals surface area contributed by atoms with Gasteiger partial charge in [-0.05, 0) is 26.0 Å². The summed E-state index contributed by atoms with van der Waals surface area (Å²) in [7, 11) is 0. The van der Waals surface area contributed by atoms with Crippen LogP contribution in [0.5, 0.6) is 0 Å². The van der Waals surface area contributed by atoms with Gasteiger partial charge >= 0.3 is 5.97 Å². The van der Waals surface area contributed by atoms with Crippen molar-refractivity contribution in [2.45, 2.75) is 36.1 Å². The molecule has 2 aliphatic heterocycles. The Morgan fingerprint density at radius 3 is 2.42 bits per heavy atom. The molecule has 128 valence electrons. The van der Waals surface area contributed by atoms with Crippen molar-refractivity contribution in [3.05, 3.63) is 35.4 Å². The minimum absolute atomic E-state index is 0.574. The maximum absolute atomic E-state index is 13.7. The Morgan fingerprint density at radius 1 is 1.29 bits per heavy atom. The van der Waals surface area contributed by atoms with Crippen LogP contribution in [0, 0.1) is 11.6 Å². The van der Waals surface area contributed by atoms with E-state index in [1.54, 1.807) is 13.8 Å². The second kappa shape index (κ2) is 5.44. The average Bonchev–Trinajstić information content (AvgIpc) is 2.73. The fourth-order valence-corrected chi connectivity index (χ4v) is 4.70. The number of carboxylic acid groups (broad SMARTS) is 1. The average molecular weight is 356 g/mol. The quantitative estimate of drug-likeness (QED) is 0.795. The van der Waals surface area contributed by atoms with Gasteiger partial charge in [0.25, 0.3) is 5.91 Å². The maximum atomic E-state index is 13.7. The Morgan fingerprint density at radius 2 is 1.88 bits per heavy atom. The van der Waals surface area contributed by atoms with E-state index in [0.29, 0.717) is 0 Å². The van der Waals surface area contributed by atoms with Gasteiger partial charge in [-0.3, -0.25) is 9.59 Å². The molecule has 24 heavy (non-hydrogen) atoms. The first kappa shape index (κ1) is 16.7. The molecule has 0 aliphatic carbocycles. The van der Waals surface area contributed by atoms with Gasteiger partial charge in [0.05, 0.1) is 0 Å². The number of carboxylic acids is 1. The van der Waals surface area contributed by atoms with E-state index in [-0.39, 0.29) is 0 Å². The third-order valence-electron chi connectivity index (χ3n) is 4.15. The van der Waals surface area contributed by atoms with Gasteiger partial charge in [-0.2, -0.15) is 0 Å². The molecule has 2 fully saturated rings. The molecule has 6 nitrogen and oxygen atoms in total. The summed E-state index contributed by atoms with van der Waals surface area (Å²) in [5.41, 5.74) is -0.763. The predicted molar refractivity (Wildman–Crippen MR) is 81.3 cm³/mol. The summed E-state index contributed by atoms with van der Waals surface area (Å²) in [6.07, 6.45) is 0. The Balaban J connectivity index is 1.81. The van der Waals surface area contributed by atoms with E-state index in [2.05, 4.69) is 5.32 Å². The first-order valence-electron chi connectivity index (χ1n) is 7.13. The number of fused-ring (bicyclic) bond motifs is 1. The highest BCUT2D eigenvalue weighted by Crippen LogP contribution is 2.50. The van der Waals surface area contributed by atoms with Crippen LogP contribution in [0.3, 0.4) is 0 Å². The minimum atomic E-state index is -1.13. The highest BCUT2D eigenvalue weighted by atomic mass is 32.2. The van der Waals surface area contributed by atoms with E-state index in [1.165, 1.54) is 16.7 Å². The number of benzene rings is 1. The molecule has 2 saturated heterocycles. The summed E-state index contributed by atoms with van der Waals surface area (Å²) in [6, 6.07) is 0.995. The van der Waals surface area contributed by atoms with Crippen molar-refractivity contribution in [3.63, 3.8) is 0 Å². The lowest BCUT2D eigenvalue weighted by Crippen LogP contribution is -2.70. The topological polar surface area (TPSA) is 86.7 Å². The van der Waals surface area contributed by atoms with Crippen LogP contribution in [0.25, 0.3) is 0 Å². The maximum Gasteiger partial charge on any atom is 0.327 e. The number of nitrogens with one attached hydrogen (secondary N) is 1. The molecule has 0 bridgehead atoms. The Labute approximate surface area is 140 Å². The smallest absolute Gasteiger partial charge is 0.327 e. The molecule has 2 N–H and O–H groups in total. The first-order valence-corrected chi connectivity index (χ1v) is 8.01. The van der Waals surface area contributed by atoms with E-state index in [9.17, 15) is 28.3 Å². The first-order chi connectivity index (χ1) is 11.1. The highest BCUT2D eigenvalue weighted by molar-refractivity contribution is 8.01. The number of β-lactam (4-membered cyclic amide) rings is 1. The summed E-state index contributed by atoms with van der Waals surface area (Å²) < 4.78 is 26.6. The molecule has 0 spiro atoms. The van der Waals surface area contributed by atoms with Crippen molar-refractivity contribution < 1.29 is 28.3 Å². The zero-order valence-corrected chi connectivity index (χ0v) is 13.6. The number of aliphatic carboxylic acids is 1. The number of hydrogen-bond acceptors (Lipinski definition) is 4. The zero-order valence-electron chi connectivity index (χ0n) is 12.7. The molecule has 0 radical (unpaired) electrons. The lowest BCUT2D eigenvalue weighted by molar-refractivity contribution is -0.159.